The maximum absolute atomic E-state index is 13.6. The molecule has 2 rings (SSSR count). The Kier molecular flexibility index (Phi) is 3.16. The predicted molar refractivity (Wildman–Crippen MR) is 61.3 cm³/mol. The van der Waals surface area contributed by atoms with Crippen LogP contribution in [0.1, 0.15) is 16.2 Å². The molecule has 1 aromatic carbocycles. The van der Waals surface area contributed by atoms with Gasteiger partial charge < -0.3 is 9.52 Å². The van der Waals surface area contributed by atoms with Crippen LogP contribution in [-0.4, -0.2) is 16.1 Å². The monoisotopic (exact) mass is 317 g/mol. The lowest BCUT2D eigenvalue weighted by molar-refractivity contribution is 0.0689. The Morgan fingerprint density at radius 3 is 2.39 bits per heavy atom. The first-order valence-electron chi connectivity index (χ1n) is 4.75. The molecule has 0 aliphatic rings. The van der Waals surface area contributed by atoms with Crippen molar-refractivity contribution in [1.82, 2.24) is 4.98 Å². The first kappa shape index (κ1) is 12.7. The van der Waals surface area contributed by atoms with Crippen LogP contribution in [0.3, 0.4) is 0 Å². The molecule has 0 saturated heterocycles. The zero-order valence-electron chi connectivity index (χ0n) is 9.00. The lowest BCUT2D eigenvalue weighted by Crippen LogP contribution is -1.99. The summed E-state index contributed by atoms with van der Waals surface area (Å²) >= 11 is 2.94. The van der Waals surface area contributed by atoms with E-state index in [0.717, 1.165) is 12.1 Å². The molecule has 2 aromatic rings. The van der Waals surface area contributed by atoms with Gasteiger partial charge in [-0.2, -0.15) is 0 Å². The third kappa shape index (κ3) is 2.13. The topological polar surface area (TPSA) is 63.3 Å². The van der Waals surface area contributed by atoms with Crippen LogP contribution in [-0.2, 0) is 0 Å². The summed E-state index contributed by atoms with van der Waals surface area (Å²) in [5, 5.41) is 8.79. The summed E-state index contributed by atoms with van der Waals surface area (Å²) in [6.45, 7) is 1.36. The smallest absolute Gasteiger partial charge is 0.358 e. The van der Waals surface area contributed by atoms with Gasteiger partial charge in [0.05, 0.1) is 0 Å². The minimum Gasteiger partial charge on any atom is -0.476 e. The molecule has 0 spiro atoms. The number of aryl methyl sites for hydroxylation is 1. The van der Waals surface area contributed by atoms with Crippen LogP contribution in [0.5, 0.6) is 0 Å². The quantitative estimate of drug-likeness (QED) is 0.922. The molecule has 0 bridgehead atoms. The number of oxazole rings is 1. The van der Waals surface area contributed by atoms with Crippen molar-refractivity contribution in [3.05, 3.63) is 39.7 Å². The molecule has 0 aliphatic heterocycles. The Balaban J connectivity index is 2.63. The van der Waals surface area contributed by atoms with Crippen molar-refractivity contribution in [2.75, 3.05) is 0 Å². The van der Waals surface area contributed by atoms with E-state index in [4.69, 9.17) is 9.52 Å². The van der Waals surface area contributed by atoms with E-state index in [0.29, 0.717) is 0 Å². The maximum Gasteiger partial charge on any atom is 0.358 e. The summed E-state index contributed by atoms with van der Waals surface area (Å²) in [6, 6.07) is 2.08. The second-order valence-corrected chi connectivity index (χ2v) is 4.39. The molecule has 7 heteroatoms. The highest BCUT2D eigenvalue weighted by Gasteiger charge is 2.22. The highest BCUT2D eigenvalue weighted by atomic mass is 79.9. The Bertz CT molecular complexity index is 616. The summed E-state index contributed by atoms with van der Waals surface area (Å²) < 4.78 is 32.4. The molecule has 0 unspecified atom stereocenters. The molecule has 0 atom stereocenters. The lowest BCUT2D eigenvalue weighted by atomic mass is 10.2. The molecule has 0 aliphatic carbocycles. The third-order valence-electron chi connectivity index (χ3n) is 2.22. The van der Waals surface area contributed by atoms with E-state index in [1.54, 1.807) is 0 Å². The second-order valence-electron chi connectivity index (χ2n) is 3.47. The number of hydrogen-bond donors (Lipinski definition) is 1. The summed E-state index contributed by atoms with van der Waals surface area (Å²) in [6.07, 6.45) is 0. The van der Waals surface area contributed by atoms with Gasteiger partial charge in [0.1, 0.15) is 23.0 Å². The largest absolute Gasteiger partial charge is 0.476 e. The van der Waals surface area contributed by atoms with Gasteiger partial charge >= 0.3 is 5.97 Å². The molecular formula is C11H6BrF2NO3. The van der Waals surface area contributed by atoms with Gasteiger partial charge in [-0.05, 0) is 19.1 Å². The van der Waals surface area contributed by atoms with E-state index in [2.05, 4.69) is 20.9 Å². The zero-order chi connectivity index (χ0) is 13.4. The van der Waals surface area contributed by atoms with Crippen molar-refractivity contribution in [2.45, 2.75) is 6.92 Å². The van der Waals surface area contributed by atoms with Crippen LogP contribution in [0.4, 0.5) is 8.78 Å². The molecule has 0 radical (unpaired) electrons. The lowest BCUT2D eigenvalue weighted by Gasteiger charge is -2.01. The van der Waals surface area contributed by atoms with Crippen LogP contribution in [0, 0.1) is 18.6 Å². The van der Waals surface area contributed by atoms with Crippen molar-refractivity contribution in [3.63, 3.8) is 0 Å². The number of hydrogen-bond acceptors (Lipinski definition) is 3. The number of halogens is 3. The van der Waals surface area contributed by atoms with Gasteiger partial charge in [-0.15, -0.1) is 0 Å². The number of aromatic nitrogens is 1. The van der Waals surface area contributed by atoms with E-state index in [1.807, 2.05) is 0 Å². The molecule has 1 N–H and O–H groups in total. The van der Waals surface area contributed by atoms with Gasteiger partial charge in [-0.3, -0.25) is 0 Å². The Labute approximate surface area is 108 Å². The van der Waals surface area contributed by atoms with Gasteiger partial charge in [0.2, 0.25) is 5.89 Å². The van der Waals surface area contributed by atoms with E-state index in [-0.39, 0.29) is 15.9 Å². The number of carboxylic acids is 1. The normalized spacial score (nSPS) is 10.7. The summed E-state index contributed by atoms with van der Waals surface area (Å²) in [5.41, 5.74) is -0.861. The Morgan fingerprint density at radius 2 is 1.94 bits per heavy atom. The van der Waals surface area contributed by atoms with Crippen LogP contribution in [0.25, 0.3) is 11.5 Å². The molecule has 1 heterocycles. The van der Waals surface area contributed by atoms with Crippen molar-refractivity contribution < 1.29 is 23.1 Å². The summed E-state index contributed by atoms with van der Waals surface area (Å²) in [5.74, 6) is -3.51. The predicted octanol–water partition coefficient (Wildman–Crippen LogP) is 3.39. The molecule has 0 amide bonds. The number of carbonyl (C=O) groups is 1. The minimum absolute atomic E-state index is 0.0146. The maximum atomic E-state index is 13.6. The molecule has 4 nitrogen and oxygen atoms in total. The van der Waals surface area contributed by atoms with E-state index in [1.165, 1.54) is 6.92 Å². The van der Waals surface area contributed by atoms with Gasteiger partial charge in [0.15, 0.2) is 5.69 Å². The van der Waals surface area contributed by atoms with Crippen molar-refractivity contribution in [2.24, 2.45) is 0 Å². The number of nitrogens with zero attached hydrogens (tertiary/aromatic N) is 1. The van der Waals surface area contributed by atoms with Gasteiger partial charge in [-0.1, -0.05) is 15.9 Å². The standard InChI is InChI=1S/C11H6BrF2NO3/c1-4-9(11(16)17)15-10(18-4)8-6(13)2-5(12)3-7(8)14/h2-3H,1H3,(H,16,17). The van der Waals surface area contributed by atoms with Crippen LogP contribution >= 0.6 is 15.9 Å². The van der Waals surface area contributed by atoms with E-state index >= 15 is 0 Å². The minimum atomic E-state index is -1.32. The van der Waals surface area contributed by atoms with Gasteiger partial charge in [-0.25, -0.2) is 18.6 Å². The van der Waals surface area contributed by atoms with Crippen LogP contribution < -0.4 is 0 Å². The molecule has 94 valence electrons. The Hall–Kier alpha value is -1.76. The second kappa shape index (κ2) is 4.49. The van der Waals surface area contributed by atoms with Crippen LogP contribution in [0.15, 0.2) is 21.0 Å². The highest BCUT2D eigenvalue weighted by Crippen LogP contribution is 2.29. The van der Waals surface area contributed by atoms with E-state index < -0.39 is 29.1 Å². The molecule has 0 fully saturated rings. The number of aromatic carboxylic acids is 1. The van der Waals surface area contributed by atoms with Crippen molar-refractivity contribution >= 4 is 21.9 Å². The van der Waals surface area contributed by atoms with Crippen molar-refractivity contribution in [3.8, 4) is 11.5 Å². The van der Waals surface area contributed by atoms with E-state index in [9.17, 15) is 13.6 Å². The average Bonchev–Trinajstić information content (AvgIpc) is 2.58. The number of rotatable bonds is 2. The average molecular weight is 318 g/mol. The fourth-order valence-electron chi connectivity index (χ4n) is 1.45. The van der Waals surface area contributed by atoms with Crippen LogP contribution in [0.2, 0.25) is 0 Å². The number of carboxylic acid groups (broad SMARTS) is 1. The summed E-state index contributed by atoms with van der Waals surface area (Å²) in [4.78, 5) is 14.3. The molecular weight excluding hydrogens is 312 g/mol. The third-order valence-corrected chi connectivity index (χ3v) is 2.68. The molecule has 18 heavy (non-hydrogen) atoms. The zero-order valence-corrected chi connectivity index (χ0v) is 10.6. The SMILES string of the molecule is Cc1oc(-c2c(F)cc(Br)cc2F)nc1C(=O)O. The fraction of sp³-hybridized carbons (Fsp3) is 0.0909. The summed E-state index contributed by atoms with van der Waals surface area (Å²) in [7, 11) is 0. The molecule has 1 aromatic heterocycles. The van der Waals surface area contributed by atoms with Gasteiger partial charge in [0.25, 0.3) is 0 Å². The Morgan fingerprint density at radius 1 is 1.39 bits per heavy atom. The first-order valence-corrected chi connectivity index (χ1v) is 5.55. The first-order chi connectivity index (χ1) is 8.40. The highest BCUT2D eigenvalue weighted by molar-refractivity contribution is 9.10. The van der Waals surface area contributed by atoms with Crippen molar-refractivity contribution in [1.29, 1.82) is 0 Å². The molecule has 0 saturated carbocycles. The number of benzene rings is 1. The fourth-order valence-corrected chi connectivity index (χ4v) is 1.85. The van der Waals surface area contributed by atoms with Gasteiger partial charge in [0, 0.05) is 4.47 Å².